The van der Waals surface area contributed by atoms with E-state index in [2.05, 4.69) is 4.72 Å². The SMILES string of the molecule is CCOc1ccc(S(=O)(=O)Nc2ccc3c(c2)CCC(=O)N3C)cc1C. The van der Waals surface area contributed by atoms with Crippen LogP contribution in [0.2, 0.25) is 0 Å². The van der Waals surface area contributed by atoms with Crippen molar-refractivity contribution in [2.75, 3.05) is 23.3 Å². The zero-order valence-corrected chi connectivity index (χ0v) is 15.9. The van der Waals surface area contributed by atoms with Gasteiger partial charge in [0.15, 0.2) is 0 Å². The van der Waals surface area contributed by atoms with Crippen molar-refractivity contribution in [1.29, 1.82) is 0 Å². The molecule has 0 aromatic heterocycles. The van der Waals surface area contributed by atoms with Gasteiger partial charge in [-0.1, -0.05) is 0 Å². The summed E-state index contributed by atoms with van der Waals surface area (Å²) in [5.74, 6) is 0.739. The molecule has 0 saturated carbocycles. The average molecular weight is 374 g/mol. The Morgan fingerprint density at radius 1 is 1.15 bits per heavy atom. The molecule has 2 aromatic carbocycles. The molecule has 1 aliphatic rings. The van der Waals surface area contributed by atoms with Crippen molar-refractivity contribution in [3.63, 3.8) is 0 Å². The third-order valence-electron chi connectivity index (χ3n) is 4.43. The molecule has 3 rings (SSSR count). The second-order valence-corrected chi connectivity index (χ2v) is 7.94. The number of amides is 1. The number of anilines is 2. The Morgan fingerprint density at radius 2 is 1.92 bits per heavy atom. The zero-order chi connectivity index (χ0) is 18.9. The lowest BCUT2D eigenvalue weighted by atomic mass is 10.0. The number of carbonyl (C=O) groups is 1. The number of rotatable bonds is 5. The van der Waals surface area contributed by atoms with E-state index in [-0.39, 0.29) is 10.8 Å². The van der Waals surface area contributed by atoms with E-state index in [1.54, 1.807) is 42.3 Å². The summed E-state index contributed by atoms with van der Waals surface area (Å²) >= 11 is 0. The highest BCUT2D eigenvalue weighted by atomic mass is 32.2. The minimum Gasteiger partial charge on any atom is -0.494 e. The Morgan fingerprint density at radius 3 is 2.62 bits per heavy atom. The molecule has 0 atom stereocenters. The number of hydrogen-bond acceptors (Lipinski definition) is 4. The quantitative estimate of drug-likeness (QED) is 0.873. The Bertz CT molecular complexity index is 954. The molecule has 1 amide bonds. The van der Waals surface area contributed by atoms with E-state index in [0.29, 0.717) is 30.9 Å². The molecule has 138 valence electrons. The molecule has 0 fully saturated rings. The highest BCUT2D eigenvalue weighted by Crippen LogP contribution is 2.30. The van der Waals surface area contributed by atoms with Gasteiger partial charge in [0.25, 0.3) is 10.0 Å². The fourth-order valence-electron chi connectivity index (χ4n) is 3.04. The lowest BCUT2D eigenvalue weighted by Gasteiger charge is -2.26. The summed E-state index contributed by atoms with van der Waals surface area (Å²) in [6.07, 6.45) is 1.04. The van der Waals surface area contributed by atoms with E-state index in [9.17, 15) is 13.2 Å². The van der Waals surface area contributed by atoms with Crippen molar-refractivity contribution in [2.45, 2.75) is 31.6 Å². The number of carbonyl (C=O) groups excluding carboxylic acids is 1. The number of nitrogens with zero attached hydrogens (tertiary/aromatic N) is 1. The predicted molar refractivity (Wildman–Crippen MR) is 101 cm³/mol. The predicted octanol–water partition coefficient (Wildman–Crippen LogP) is 3.10. The van der Waals surface area contributed by atoms with Gasteiger partial charge in [0.1, 0.15) is 5.75 Å². The topological polar surface area (TPSA) is 75.7 Å². The van der Waals surface area contributed by atoms with Gasteiger partial charge >= 0.3 is 0 Å². The van der Waals surface area contributed by atoms with Crippen LogP contribution in [0.1, 0.15) is 24.5 Å². The molecule has 0 bridgehead atoms. The number of nitrogens with one attached hydrogen (secondary N) is 1. The summed E-state index contributed by atoms with van der Waals surface area (Å²) in [4.78, 5) is 13.6. The maximum Gasteiger partial charge on any atom is 0.261 e. The largest absolute Gasteiger partial charge is 0.494 e. The normalized spacial score (nSPS) is 14.1. The minimum absolute atomic E-state index is 0.0655. The van der Waals surface area contributed by atoms with Crippen LogP contribution in [-0.4, -0.2) is 28.0 Å². The summed E-state index contributed by atoms with van der Waals surface area (Å²) in [5, 5.41) is 0. The van der Waals surface area contributed by atoms with Crippen molar-refractivity contribution in [3.8, 4) is 5.75 Å². The number of fused-ring (bicyclic) bond motifs is 1. The van der Waals surface area contributed by atoms with Crippen molar-refractivity contribution in [2.24, 2.45) is 0 Å². The minimum atomic E-state index is -3.70. The van der Waals surface area contributed by atoms with Gasteiger partial charge in [-0.3, -0.25) is 9.52 Å². The Balaban J connectivity index is 1.86. The summed E-state index contributed by atoms with van der Waals surface area (Å²) in [6.45, 7) is 4.22. The van der Waals surface area contributed by atoms with Crippen molar-refractivity contribution in [1.82, 2.24) is 0 Å². The first-order valence-electron chi connectivity index (χ1n) is 8.47. The lowest BCUT2D eigenvalue weighted by molar-refractivity contribution is -0.118. The van der Waals surface area contributed by atoms with Gasteiger partial charge in [0.05, 0.1) is 11.5 Å². The third-order valence-corrected chi connectivity index (χ3v) is 5.81. The van der Waals surface area contributed by atoms with Gasteiger partial charge in [0.2, 0.25) is 5.91 Å². The monoisotopic (exact) mass is 374 g/mol. The first-order valence-corrected chi connectivity index (χ1v) is 9.96. The molecule has 0 aliphatic carbocycles. The van der Waals surface area contributed by atoms with Crippen LogP contribution in [0.3, 0.4) is 0 Å². The van der Waals surface area contributed by atoms with Crippen LogP contribution in [0.25, 0.3) is 0 Å². The van der Waals surface area contributed by atoms with Gasteiger partial charge in [0, 0.05) is 24.8 Å². The van der Waals surface area contributed by atoms with Crippen molar-refractivity contribution in [3.05, 3.63) is 47.5 Å². The molecule has 26 heavy (non-hydrogen) atoms. The van der Waals surface area contributed by atoms with E-state index >= 15 is 0 Å². The van der Waals surface area contributed by atoms with E-state index in [1.807, 2.05) is 13.8 Å². The van der Waals surface area contributed by atoms with Crippen LogP contribution in [-0.2, 0) is 21.2 Å². The number of hydrogen-bond donors (Lipinski definition) is 1. The number of ether oxygens (including phenoxy) is 1. The summed E-state index contributed by atoms with van der Waals surface area (Å²) < 4.78 is 33.5. The molecule has 0 unspecified atom stereocenters. The molecular weight excluding hydrogens is 352 g/mol. The molecule has 1 N–H and O–H groups in total. The zero-order valence-electron chi connectivity index (χ0n) is 15.1. The fraction of sp³-hybridized carbons (Fsp3) is 0.316. The van der Waals surface area contributed by atoms with Crippen molar-refractivity contribution < 1.29 is 17.9 Å². The molecule has 2 aromatic rings. The lowest BCUT2D eigenvalue weighted by Crippen LogP contribution is -2.31. The maximum atomic E-state index is 12.7. The highest BCUT2D eigenvalue weighted by Gasteiger charge is 2.22. The van der Waals surface area contributed by atoms with E-state index < -0.39 is 10.0 Å². The van der Waals surface area contributed by atoms with Gasteiger partial charge < -0.3 is 9.64 Å². The van der Waals surface area contributed by atoms with Gasteiger partial charge in [-0.25, -0.2) is 8.42 Å². The standard InChI is InChI=1S/C19H22N2O4S/c1-4-25-18-9-7-16(11-13(18)2)26(23,24)20-15-6-8-17-14(12-15)5-10-19(22)21(17)3/h6-9,11-12,20H,4-5,10H2,1-3H3. The van der Waals surface area contributed by atoms with Crippen LogP contribution in [0.5, 0.6) is 5.75 Å². The molecule has 1 aliphatic heterocycles. The summed E-state index contributed by atoms with van der Waals surface area (Å²) in [7, 11) is -1.98. The summed E-state index contributed by atoms with van der Waals surface area (Å²) in [5.41, 5.74) is 3.02. The second-order valence-electron chi connectivity index (χ2n) is 6.26. The first kappa shape index (κ1) is 18.3. The maximum absolute atomic E-state index is 12.7. The number of aryl methyl sites for hydroxylation is 2. The van der Waals surface area contributed by atoms with Gasteiger partial charge in [-0.2, -0.15) is 0 Å². The first-order chi connectivity index (χ1) is 12.3. The summed E-state index contributed by atoms with van der Waals surface area (Å²) in [6, 6.07) is 10.0. The number of sulfonamides is 1. The molecule has 1 heterocycles. The average Bonchev–Trinajstić information content (AvgIpc) is 2.60. The smallest absolute Gasteiger partial charge is 0.261 e. The molecular formula is C19H22N2O4S. The Kier molecular flexibility index (Phi) is 4.91. The fourth-order valence-corrected chi connectivity index (χ4v) is 4.17. The van der Waals surface area contributed by atoms with Gasteiger partial charge in [-0.05, 0) is 67.8 Å². The van der Waals surface area contributed by atoms with Crippen LogP contribution in [0, 0.1) is 6.92 Å². The van der Waals surface area contributed by atoms with Crippen LogP contribution < -0.4 is 14.4 Å². The highest BCUT2D eigenvalue weighted by molar-refractivity contribution is 7.92. The molecule has 6 nitrogen and oxygen atoms in total. The molecule has 0 spiro atoms. The van der Waals surface area contributed by atoms with Crippen LogP contribution in [0.15, 0.2) is 41.3 Å². The van der Waals surface area contributed by atoms with Gasteiger partial charge in [-0.15, -0.1) is 0 Å². The second kappa shape index (κ2) is 6.99. The molecule has 0 radical (unpaired) electrons. The Labute approximate surface area is 153 Å². The molecule has 7 heteroatoms. The Hall–Kier alpha value is -2.54. The van der Waals surface area contributed by atoms with E-state index in [1.165, 1.54) is 6.07 Å². The van der Waals surface area contributed by atoms with Crippen LogP contribution in [0.4, 0.5) is 11.4 Å². The third kappa shape index (κ3) is 3.53. The van der Waals surface area contributed by atoms with E-state index in [4.69, 9.17) is 4.74 Å². The number of benzene rings is 2. The van der Waals surface area contributed by atoms with Crippen molar-refractivity contribution >= 4 is 27.3 Å². The molecule has 0 saturated heterocycles. The van der Waals surface area contributed by atoms with E-state index in [0.717, 1.165) is 16.8 Å². The van der Waals surface area contributed by atoms with Crippen LogP contribution >= 0.6 is 0 Å².